The summed E-state index contributed by atoms with van der Waals surface area (Å²) in [4.78, 5) is 4.21. The Bertz CT molecular complexity index is 565. The number of nitrogens with two attached hydrogens (primary N) is 1. The highest BCUT2D eigenvalue weighted by Gasteiger charge is 2.11. The van der Waals surface area contributed by atoms with E-state index in [1.165, 1.54) is 6.07 Å². The van der Waals surface area contributed by atoms with Crippen LogP contribution in [0.3, 0.4) is 0 Å². The molecule has 0 spiro atoms. The van der Waals surface area contributed by atoms with Crippen molar-refractivity contribution in [3.05, 3.63) is 23.5 Å². The fourth-order valence-corrected chi connectivity index (χ4v) is 2.27. The number of halogens is 1. The second-order valence-corrected chi connectivity index (χ2v) is 5.82. The number of anilines is 1. The molecule has 1 heterocycles. The predicted octanol–water partition coefficient (Wildman–Crippen LogP) is 3.21. The van der Waals surface area contributed by atoms with Gasteiger partial charge in [-0.1, -0.05) is 6.92 Å². The number of thioether (sulfide) groups is 1. The van der Waals surface area contributed by atoms with Crippen LogP contribution in [-0.4, -0.2) is 21.1 Å². The molecule has 98 valence electrons. The molecule has 2 N–H and O–H groups in total. The number of benzene rings is 1. The Kier molecular flexibility index (Phi) is 3.80. The molecule has 0 bridgehead atoms. The molecular weight excluding hydrogens is 249 g/mol. The summed E-state index contributed by atoms with van der Waals surface area (Å²) in [5.74, 6) is 0.230. The van der Waals surface area contributed by atoms with Gasteiger partial charge in [0.15, 0.2) is 0 Å². The molecular formula is C13H18FN3S. The minimum absolute atomic E-state index is 0.232. The van der Waals surface area contributed by atoms with Gasteiger partial charge in [0.2, 0.25) is 5.95 Å². The van der Waals surface area contributed by atoms with E-state index in [4.69, 9.17) is 5.73 Å². The van der Waals surface area contributed by atoms with Crippen molar-refractivity contribution in [1.82, 2.24) is 9.55 Å². The summed E-state index contributed by atoms with van der Waals surface area (Å²) in [6, 6.07) is 3.27. The van der Waals surface area contributed by atoms with Crippen LogP contribution in [0, 0.1) is 12.7 Å². The Hall–Kier alpha value is -1.23. The number of hydrogen-bond acceptors (Lipinski definition) is 3. The molecule has 1 atom stereocenters. The minimum atomic E-state index is -0.232. The van der Waals surface area contributed by atoms with Gasteiger partial charge in [-0.25, -0.2) is 9.37 Å². The predicted molar refractivity (Wildman–Crippen MR) is 76.4 cm³/mol. The van der Waals surface area contributed by atoms with Crippen LogP contribution >= 0.6 is 11.8 Å². The van der Waals surface area contributed by atoms with Crippen molar-refractivity contribution in [1.29, 1.82) is 0 Å². The van der Waals surface area contributed by atoms with Crippen molar-refractivity contribution < 1.29 is 4.39 Å². The van der Waals surface area contributed by atoms with Gasteiger partial charge >= 0.3 is 0 Å². The van der Waals surface area contributed by atoms with Crippen LogP contribution in [0.2, 0.25) is 0 Å². The zero-order chi connectivity index (χ0) is 13.3. The summed E-state index contributed by atoms with van der Waals surface area (Å²) in [7, 11) is 0. The van der Waals surface area contributed by atoms with Crippen LogP contribution in [0.1, 0.15) is 18.9 Å². The number of fused-ring (bicyclic) bond motifs is 1. The number of nitrogen functional groups attached to an aromatic ring is 1. The minimum Gasteiger partial charge on any atom is -0.369 e. The molecule has 0 aliphatic rings. The van der Waals surface area contributed by atoms with E-state index in [1.807, 2.05) is 22.4 Å². The average Bonchev–Trinajstić information content (AvgIpc) is 2.62. The third kappa shape index (κ3) is 2.46. The lowest BCUT2D eigenvalue weighted by molar-refractivity contribution is 0.619. The molecule has 0 radical (unpaired) electrons. The van der Waals surface area contributed by atoms with Crippen LogP contribution in [-0.2, 0) is 6.54 Å². The summed E-state index contributed by atoms with van der Waals surface area (Å²) < 4.78 is 15.4. The van der Waals surface area contributed by atoms with Crippen LogP contribution in [0.25, 0.3) is 11.0 Å². The monoisotopic (exact) mass is 267 g/mol. The van der Waals surface area contributed by atoms with Gasteiger partial charge in [0.05, 0.1) is 11.0 Å². The first-order valence-electron chi connectivity index (χ1n) is 5.97. The van der Waals surface area contributed by atoms with E-state index < -0.39 is 0 Å². The lowest BCUT2D eigenvalue weighted by atomic mass is 10.2. The first kappa shape index (κ1) is 13.2. The molecule has 1 aromatic carbocycles. The highest BCUT2D eigenvalue weighted by molar-refractivity contribution is 7.99. The number of aromatic nitrogens is 2. The van der Waals surface area contributed by atoms with Crippen LogP contribution in [0.5, 0.6) is 0 Å². The summed E-state index contributed by atoms with van der Waals surface area (Å²) >= 11 is 1.83. The fraction of sp³-hybridized carbons (Fsp3) is 0.462. The summed E-state index contributed by atoms with van der Waals surface area (Å²) in [6.45, 7) is 4.76. The number of nitrogens with zero attached hydrogens (tertiary/aromatic N) is 2. The zero-order valence-corrected chi connectivity index (χ0v) is 11.7. The molecule has 0 amide bonds. The van der Waals surface area contributed by atoms with Crippen molar-refractivity contribution in [3.63, 3.8) is 0 Å². The Labute approximate surface area is 111 Å². The van der Waals surface area contributed by atoms with Gasteiger partial charge in [-0.2, -0.15) is 11.8 Å². The first-order valence-corrected chi connectivity index (χ1v) is 7.26. The zero-order valence-electron chi connectivity index (χ0n) is 10.9. The second kappa shape index (κ2) is 5.18. The van der Waals surface area contributed by atoms with Gasteiger partial charge in [-0.15, -0.1) is 0 Å². The Morgan fingerprint density at radius 2 is 2.22 bits per heavy atom. The maximum Gasteiger partial charge on any atom is 0.201 e. The topological polar surface area (TPSA) is 43.8 Å². The molecule has 3 nitrogen and oxygen atoms in total. The van der Waals surface area contributed by atoms with E-state index in [0.717, 1.165) is 18.5 Å². The number of imidazole rings is 1. The van der Waals surface area contributed by atoms with E-state index in [2.05, 4.69) is 18.2 Å². The number of aryl methyl sites for hydroxylation is 2. The van der Waals surface area contributed by atoms with Gasteiger partial charge in [-0.3, -0.25) is 0 Å². The Morgan fingerprint density at radius 3 is 2.89 bits per heavy atom. The van der Waals surface area contributed by atoms with Crippen LogP contribution in [0.15, 0.2) is 12.1 Å². The molecule has 0 saturated carbocycles. The highest BCUT2D eigenvalue weighted by Crippen LogP contribution is 2.23. The summed E-state index contributed by atoms with van der Waals surface area (Å²) in [5, 5.41) is 0.573. The van der Waals surface area contributed by atoms with Crippen LogP contribution < -0.4 is 5.73 Å². The molecule has 1 unspecified atom stereocenters. The van der Waals surface area contributed by atoms with E-state index in [-0.39, 0.29) is 5.82 Å². The first-order chi connectivity index (χ1) is 8.52. The van der Waals surface area contributed by atoms with Gasteiger partial charge in [0.1, 0.15) is 5.82 Å². The van der Waals surface area contributed by atoms with Crippen molar-refractivity contribution in [2.24, 2.45) is 0 Å². The highest BCUT2D eigenvalue weighted by atomic mass is 32.2. The van der Waals surface area contributed by atoms with Crippen LogP contribution in [0.4, 0.5) is 10.3 Å². The van der Waals surface area contributed by atoms with Crippen molar-refractivity contribution in [3.8, 4) is 0 Å². The molecule has 18 heavy (non-hydrogen) atoms. The maximum absolute atomic E-state index is 13.5. The van der Waals surface area contributed by atoms with Gasteiger partial charge in [0.25, 0.3) is 0 Å². The Balaban J connectivity index is 2.37. The molecule has 2 aromatic rings. The average molecular weight is 267 g/mol. The smallest absolute Gasteiger partial charge is 0.201 e. The number of rotatable bonds is 4. The standard InChI is InChI=1S/C13H18FN3S/c1-8-6-12-11(7-10(8)14)16-13(15)17(12)5-4-9(2)18-3/h6-7,9H,4-5H2,1-3H3,(H2,15,16). The maximum atomic E-state index is 13.5. The van der Waals surface area contributed by atoms with E-state index in [9.17, 15) is 4.39 Å². The molecule has 5 heteroatoms. The van der Waals surface area contributed by atoms with E-state index in [0.29, 0.717) is 22.3 Å². The third-order valence-electron chi connectivity index (χ3n) is 3.22. The normalized spacial score (nSPS) is 13.1. The largest absolute Gasteiger partial charge is 0.369 e. The quantitative estimate of drug-likeness (QED) is 0.925. The molecule has 0 aliphatic heterocycles. The third-order valence-corrected chi connectivity index (χ3v) is 4.26. The molecule has 0 fully saturated rings. The van der Waals surface area contributed by atoms with Crippen molar-refractivity contribution in [2.45, 2.75) is 32.1 Å². The van der Waals surface area contributed by atoms with Crippen molar-refractivity contribution in [2.75, 3.05) is 12.0 Å². The van der Waals surface area contributed by atoms with Crippen molar-refractivity contribution >= 4 is 28.7 Å². The SMILES string of the molecule is CSC(C)CCn1c(N)nc2cc(F)c(C)cc21. The van der Waals surface area contributed by atoms with Gasteiger partial charge < -0.3 is 10.3 Å². The lowest BCUT2D eigenvalue weighted by Crippen LogP contribution is -2.07. The molecule has 0 aliphatic carbocycles. The summed E-state index contributed by atoms with van der Waals surface area (Å²) in [5.41, 5.74) is 8.08. The molecule has 2 rings (SSSR count). The van der Waals surface area contributed by atoms with Gasteiger partial charge in [0, 0.05) is 17.9 Å². The van der Waals surface area contributed by atoms with E-state index >= 15 is 0 Å². The number of hydrogen-bond donors (Lipinski definition) is 1. The molecule has 1 aromatic heterocycles. The lowest BCUT2D eigenvalue weighted by Gasteiger charge is -2.10. The molecule has 0 saturated heterocycles. The summed E-state index contributed by atoms with van der Waals surface area (Å²) in [6.07, 6.45) is 3.12. The Morgan fingerprint density at radius 1 is 1.50 bits per heavy atom. The fourth-order valence-electron chi connectivity index (χ4n) is 1.93. The van der Waals surface area contributed by atoms with Gasteiger partial charge in [-0.05, 0) is 31.2 Å². The second-order valence-electron chi connectivity index (χ2n) is 4.55. The van der Waals surface area contributed by atoms with E-state index in [1.54, 1.807) is 6.92 Å².